The predicted molar refractivity (Wildman–Crippen MR) is 85.1 cm³/mol. The summed E-state index contributed by atoms with van der Waals surface area (Å²) in [5, 5.41) is 6.97. The molecule has 0 aliphatic carbocycles. The standard InChI is InChI=1S/C16H18N4O2/c1-3-7-11-13-14(20-19-11)16(21)18-15(17-13)10-8-5-6-9-12(10)22-4-2/h5-6,8-9H,3-4,7H2,1-2H3,(H,19,20)(H,17,18,21). The van der Waals surface area contributed by atoms with E-state index in [0.717, 1.165) is 24.1 Å². The molecule has 3 rings (SSSR count). The molecule has 2 N–H and O–H groups in total. The van der Waals surface area contributed by atoms with Crippen LogP contribution in [-0.2, 0) is 6.42 Å². The minimum absolute atomic E-state index is 0.221. The molecule has 3 aromatic rings. The van der Waals surface area contributed by atoms with Crippen LogP contribution in [0.1, 0.15) is 26.0 Å². The molecule has 0 saturated carbocycles. The zero-order chi connectivity index (χ0) is 15.5. The Morgan fingerprint density at radius 2 is 2.05 bits per heavy atom. The van der Waals surface area contributed by atoms with Gasteiger partial charge in [0.1, 0.15) is 22.6 Å². The fourth-order valence-electron chi connectivity index (χ4n) is 2.44. The Bertz CT molecular complexity index is 851. The molecule has 0 saturated heterocycles. The van der Waals surface area contributed by atoms with Crippen molar-refractivity contribution in [3.63, 3.8) is 0 Å². The Kier molecular flexibility index (Phi) is 3.91. The van der Waals surface area contributed by atoms with Gasteiger partial charge in [0.2, 0.25) is 0 Å². The van der Waals surface area contributed by atoms with E-state index in [1.165, 1.54) is 0 Å². The Morgan fingerprint density at radius 1 is 1.23 bits per heavy atom. The van der Waals surface area contributed by atoms with Gasteiger partial charge in [-0.05, 0) is 25.5 Å². The Balaban J connectivity index is 2.19. The molecule has 114 valence electrons. The van der Waals surface area contributed by atoms with E-state index in [1.807, 2.05) is 31.2 Å². The molecule has 6 nitrogen and oxygen atoms in total. The van der Waals surface area contributed by atoms with Gasteiger partial charge in [0.15, 0.2) is 0 Å². The molecule has 22 heavy (non-hydrogen) atoms. The lowest BCUT2D eigenvalue weighted by Gasteiger charge is -2.09. The van der Waals surface area contributed by atoms with Crippen molar-refractivity contribution >= 4 is 11.0 Å². The molecule has 0 fully saturated rings. The molecule has 0 unspecified atom stereocenters. The average molecular weight is 298 g/mol. The van der Waals surface area contributed by atoms with E-state index < -0.39 is 0 Å². The van der Waals surface area contributed by atoms with Gasteiger partial charge in [0, 0.05) is 0 Å². The summed E-state index contributed by atoms with van der Waals surface area (Å²) in [4.78, 5) is 19.7. The van der Waals surface area contributed by atoms with Crippen LogP contribution in [0.5, 0.6) is 5.75 Å². The third-order valence-electron chi connectivity index (χ3n) is 3.42. The number of nitrogens with one attached hydrogen (secondary N) is 2. The van der Waals surface area contributed by atoms with Gasteiger partial charge in [-0.3, -0.25) is 9.89 Å². The molecule has 1 aromatic carbocycles. The minimum Gasteiger partial charge on any atom is -0.493 e. The number of fused-ring (bicyclic) bond motifs is 1. The third-order valence-corrected chi connectivity index (χ3v) is 3.42. The summed E-state index contributed by atoms with van der Waals surface area (Å²) >= 11 is 0. The molecule has 0 spiro atoms. The van der Waals surface area contributed by atoms with E-state index in [-0.39, 0.29) is 5.56 Å². The number of H-pyrrole nitrogens is 2. The molecule has 6 heteroatoms. The largest absolute Gasteiger partial charge is 0.493 e. The highest BCUT2D eigenvalue weighted by Crippen LogP contribution is 2.27. The fraction of sp³-hybridized carbons (Fsp3) is 0.312. The van der Waals surface area contributed by atoms with E-state index in [9.17, 15) is 4.79 Å². The van der Waals surface area contributed by atoms with Gasteiger partial charge in [-0.1, -0.05) is 25.5 Å². The van der Waals surface area contributed by atoms with Crippen LogP contribution in [0.4, 0.5) is 0 Å². The first-order valence-corrected chi connectivity index (χ1v) is 7.44. The van der Waals surface area contributed by atoms with Crippen LogP contribution < -0.4 is 10.3 Å². The first-order valence-electron chi connectivity index (χ1n) is 7.44. The normalized spacial score (nSPS) is 11.0. The third kappa shape index (κ3) is 2.47. The van der Waals surface area contributed by atoms with Crippen LogP contribution in [0, 0.1) is 0 Å². The summed E-state index contributed by atoms with van der Waals surface area (Å²) in [7, 11) is 0. The summed E-state index contributed by atoms with van der Waals surface area (Å²) in [5.41, 5.74) is 2.42. The Hall–Kier alpha value is -2.63. The highest BCUT2D eigenvalue weighted by Gasteiger charge is 2.14. The van der Waals surface area contributed by atoms with Crippen molar-refractivity contribution in [1.82, 2.24) is 20.2 Å². The number of ether oxygens (including phenoxy) is 1. The molecule has 0 aliphatic heterocycles. The van der Waals surface area contributed by atoms with Crippen molar-refractivity contribution in [3.05, 3.63) is 40.3 Å². The van der Waals surface area contributed by atoms with E-state index in [4.69, 9.17) is 4.74 Å². The second kappa shape index (κ2) is 6.01. The maximum atomic E-state index is 12.3. The summed E-state index contributed by atoms with van der Waals surface area (Å²) in [6.45, 7) is 4.54. The van der Waals surface area contributed by atoms with Crippen molar-refractivity contribution in [2.45, 2.75) is 26.7 Å². The second-order valence-electron chi connectivity index (χ2n) is 4.99. The number of nitrogens with zero attached hydrogens (tertiary/aromatic N) is 2. The molecule has 0 aliphatic rings. The van der Waals surface area contributed by atoms with E-state index in [2.05, 4.69) is 27.1 Å². The van der Waals surface area contributed by atoms with Crippen LogP contribution in [0.25, 0.3) is 22.4 Å². The zero-order valence-corrected chi connectivity index (χ0v) is 12.6. The number of aryl methyl sites for hydroxylation is 1. The van der Waals surface area contributed by atoms with Gasteiger partial charge < -0.3 is 9.72 Å². The maximum absolute atomic E-state index is 12.3. The van der Waals surface area contributed by atoms with Crippen molar-refractivity contribution in [1.29, 1.82) is 0 Å². The van der Waals surface area contributed by atoms with Gasteiger partial charge >= 0.3 is 0 Å². The monoisotopic (exact) mass is 298 g/mol. The number of hydrogen-bond acceptors (Lipinski definition) is 4. The van der Waals surface area contributed by atoms with Crippen molar-refractivity contribution in [3.8, 4) is 17.1 Å². The van der Waals surface area contributed by atoms with Gasteiger partial charge in [-0.2, -0.15) is 5.10 Å². The predicted octanol–water partition coefficient (Wildman–Crippen LogP) is 2.66. The molecule has 0 bridgehead atoms. The molecule has 0 amide bonds. The van der Waals surface area contributed by atoms with E-state index >= 15 is 0 Å². The minimum atomic E-state index is -0.221. The van der Waals surface area contributed by atoms with Crippen molar-refractivity contribution in [2.24, 2.45) is 0 Å². The first-order chi connectivity index (χ1) is 10.7. The Morgan fingerprint density at radius 3 is 2.82 bits per heavy atom. The van der Waals surface area contributed by atoms with Gasteiger partial charge in [-0.25, -0.2) is 4.98 Å². The number of hydrogen-bond donors (Lipinski definition) is 2. The second-order valence-corrected chi connectivity index (χ2v) is 4.99. The number of aromatic amines is 2. The average Bonchev–Trinajstić information content (AvgIpc) is 2.92. The maximum Gasteiger partial charge on any atom is 0.277 e. The molecular formula is C16H18N4O2. The summed E-state index contributed by atoms with van der Waals surface area (Å²) < 4.78 is 5.62. The first kappa shape index (κ1) is 14.3. The van der Waals surface area contributed by atoms with E-state index in [1.54, 1.807) is 0 Å². The van der Waals surface area contributed by atoms with Crippen LogP contribution >= 0.6 is 0 Å². The van der Waals surface area contributed by atoms with Crippen molar-refractivity contribution < 1.29 is 4.74 Å². The lowest BCUT2D eigenvalue weighted by atomic mass is 10.1. The van der Waals surface area contributed by atoms with E-state index in [0.29, 0.717) is 29.2 Å². The number of para-hydroxylation sites is 1. The molecule has 2 aromatic heterocycles. The number of rotatable bonds is 5. The topological polar surface area (TPSA) is 83.7 Å². The highest BCUT2D eigenvalue weighted by atomic mass is 16.5. The van der Waals surface area contributed by atoms with Gasteiger partial charge in [0.05, 0.1) is 17.9 Å². The van der Waals surface area contributed by atoms with Crippen LogP contribution in [-0.4, -0.2) is 26.8 Å². The lowest BCUT2D eigenvalue weighted by Crippen LogP contribution is -2.10. The fourth-order valence-corrected chi connectivity index (χ4v) is 2.44. The van der Waals surface area contributed by atoms with Crippen LogP contribution in [0.15, 0.2) is 29.1 Å². The molecule has 0 radical (unpaired) electrons. The smallest absolute Gasteiger partial charge is 0.277 e. The molecule has 0 atom stereocenters. The SMILES string of the molecule is CCCc1n[nH]c2c(=O)[nH]c(-c3ccccc3OCC)nc12. The number of benzene rings is 1. The quantitative estimate of drug-likeness (QED) is 0.758. The van der Waals surface area contributed by atoms with Crippen molar-refractivity contribution in [2.75, 3.05) is 6.61 Å². The van der Waals surface area contributed by atoms with Gasteiger partial charge in [0.25, 0.3) is 5.56 Å². The lowest BCUT2D eigenvalue weighted by molar-refractivity contribution is 0.341. The highest BCUT2D eigenvalue weighted by molar-refractivity contribution is 5.79. The molecular weight excluding hydrogens is 280 g/mol. The molecule has 2 heterocycles. The van der Waals surface area contributed by atoms with Crippen LogP contribution in [0.2, 0.25) is 0 Å². The summed E-state index contributed by atoms with van der Waals surface area (Å²) in [5.74, 6) is 1.20. The summed E-state index contributed by atoms with van der Waals surface area (Å²) in [6.07, 6.45) is 1.72. The summed E-state index contributed by atoms with van der Waals surface area (Å²) in [6, 6.07) is 7.54. The Labute approximate surface area is 127 Å². The zero-order valence-electron chi connectivity index (χ0n) is 12.6. The van der Waals surface area contributed by atoms with Gasteiger partial charge in [-0.15, -0.1) is 0 Å². The number of aromatic nitrogens is 4. The van der Waals surface area contributed by atoms with Crippen LogP contribution in [0.3, 0.4) is 0 Å².